The fourth-order valence-electron chi connectivity index (χ4n) is 1.32. The van der Waals surface area contributed by atoms with Crippen molar-refractivity contribution in [2.45, 2.75) is 18.6 Å². The Morgan fingerprint density at radius 3 is 2.47 bits per heavy atom. The summed E-state index contributed by atoms with van der Waals surface area (Å²) in [7, 11) is 0. The van der Waals surface area contributed by atoms with Gasteiger partial charge in [0.05, 0.1) is 12.0 Å². The third-order valence-corrected chi connectivity index (χ3v) is 2.15. The van der Waals surface area contributed by atoms with Crippen LogP contribution in [-0.2, 0) is 11.0 Å². The van der Waals surface area contributed by atoms with E-state index >= 15 is 0 Å². The number of halogens is 3. The number of alkyl halides is 3. The van der Waals surface area contributed by atoms with E-state index in [0.717, 1.165) is 12.1 Å². The molecule has 0 fully saturated rings. The van der Waals surface area contributed by atoms with Gasteiger partial charge in [0, 0.05) is 6.04 Å². The van der Waals surface area contributed by atoms with Crippen LogP contribution in [0.1, 0.15) is 23.6 Å². The molecule has 17 heavy (non-hydrogen) atoms. The summed E-state index contributed by atoms with van der Waals surface area (Å²) in [6.45, 7) is 0. The van der Waals surface area contributed by atoms with E-state index < -0.39 is 35.9 Å². The summed E-state index contributed by atoms with van der Waals surface area (Å²) in [5.41, 5.74) is 4.21. The fourth-order valence-corrected chi connectivity index (χ4v) is 1.32. The molecule has 0 spiro atoms. The first kappa shape index (κ1) is 13.3. The lowest BCUT2D eigenvalue weighted by Crippen LogP contribution is -2.16. The minimum Gasteiger partial charge on any atom is -0.507 e. The van der Waals surface area contributed by atoms with Crippen molar-refractivity contribution >= 4 is 5.97 Å². The average molecular weight is 249 g/mol. The zero-order chi connectivity index (χ0) is 13.2. The van der Waals surface area contributed by atoms with Crippen molar-refractivity contribution in [1.29, 1.82) is 0 Å². The van der Waals surface area contributed by atoms with E-state index in [4.69, 9.17) is 15.9 Å². The lowest BCUT2D eigenvalue weighted by atomic mass is 10.0. The minimum atomic E-state index is -4.71. The highest BCUT2D eigenvalue weighted by atomic mass is 19.4. The molecule has 0 saturated heterocycles. The molecule has 0 aromatic heterocycles. The summed E-state index contributed by atoms with van der Waals surface area (Å²) in [5, 5.41) is 17.5. The first-order valence-corrected chi connectivity index (χ1v) is 4.59. The second-order valence-corrected chi connectivity index (χ2v) is 3.48. The highest BCUT2D eigenvalue weighted by molar-refractivity contribution is 5.68. The predicted molar refractivity (Wildman–Crippen MR) is 52.3 cm³/mol. The molecule has 4 nitrogen and oxygen atoms in total. The summed E-state index contributed by atoms with van der Waals surface area (Å²) >= 11 is 0. The highest BCUT2D eigenvalue weighted by Gasteiger charge is 2.34. The van der Waals surface area contributed by atoms with Crippen LogP contribution in [0.25, 0.3) is 0 Å². The zero-order valence-corrected chi connectivity index (χ0v) is 8.53. The van der Waals surface area contributed by atoms with Gasteiger partial charge in [0.1, 0.15) is 5.75 Å². The maximum Gasteiger partial charge on any atom is 0.419 e. The van der Waals surface area contributed by atoms with Gasteiger partial charge in [-0.15, -0.1) is 0 Å². The van der Waals surface area contributed by atoms with Crippen molar-refractivity contribution in [3.63, 3.8) is 0 Å². The summed E-state index contributed by atoms with van der Waals surface area (Å²) in [6.07, 6.45) is -5.19. The van der Waals surface area contributed by atoms with Gasteiger partial charge in [-0.25, -0.2) is 0 Å². The van der Waals surface area contributed by atoms with Gasteiger partial charge in [-0.1, -0.05) is 6.07 Å². The SMILES string of the molecule is N[C@@H](CC(=O)O)c1ccc(O)c(C(F)(F)F)c1. The van der Waals surface area contributed by atoms with Crippen LogP contribution in [0.2, 0.25) is 0 Å². The second-order valence-electron chi connectivity index (χ2n) is 3.48. The number of phenols is 1. The molecule has 0 aliphatic carbocycles. The Morgan fingerprint density at radius 2 is 2.00 bits per heavy atom. The van der Waals surface area contributed by atoms with Gasteiger partial charge in [-0.3, -0.25) is 4.79 Å². The number of aromatic hydroxyl groups is 1. The van der Waals surface area contributed by atoms with Crippen LogP contribution in [0.15, 0.2) is 18.2 Å². The number of rotatable bonds is 3. The number of aliphatic carboxylic acids is 1. The molecule has 94 valence electrons. The first-order chi connectivity index (χ1) is 7.71. The lowest BCUT2D eigenvalue weighted by molar-refractivity contribution is -0.139. The van der Waals surface area contributed by atoms with Crippen molar-refractivity contribution < 1.29 is 28.2 Å². The van der Waals surface area contributed by atoms with Crippen LogP contribution >= 0.6 is 0 Å². The molecule has 0 aliphatic rings. The minimum absolute atomic E-state index is 0.0116. The van der Waals surface area contributed by atoms with Crippen molar-refractivity contribution in [3.8, 4) is 5.75 Å². The third kappa shape index (κ3) is 3.35. The van der Waals surface area contributed by atoms with Gasteiger partial charge in [0.25, 0.3) is 0 Å². The molecular formula is C10H10F3NO3. The number of carboxylic acids is 1. The number of benzene rings is 1. The lowest BCUT2D eigenvalue weighted by Gasteiger charge is -2.14. The molecule has 0 aliphatic heterocycles. The van der Waals surface area contributed by atoms with E-state index in [-0.39, 0.29) is 5.56 Å². The predicted octanol–water partition coefficient (Wildman–Crippen LogP) is 1.89. The normalized spacial score (nSPS) is 13.4. The number of nitrogens with two attached hydrogens (primary N) is 1. The fraction of sp³-hybridized carbons (Fsp3) is 0.300. The standard InChI is InChI=1S/C10H10F3NO3/c11-10(12,13)6-3-5(1-2-8(6)15)7(14)4-9(16)17/h1-3,7,15H,4,14H2,(H,16,17)/t7-/m0/s1. The van der Waals surface area contributed by atoms with E-state index in [2.05, 4.69) is 0 Å². The number of hydrogen-bond acceptors (Lipinski definition) is 3. The molecule has 1 aromatic rings. The van der Waals surface area contributed by atoms with E-state index in [1.54, 1.807) is 0 Å². The molecule has 0 radical (unpaired) electrons. The Bertz CT molecular complexity index is 431. The van der Waals surface area contributed by atoms with E-state index in [1.165, 1.54) is 0 Å². The molecule has 7 heteroatoms. The summed E-state index contributed by atoms with van der Waals surface area (Å²) in [6, 6.07) is 1.62. The molecule has 1 atom stereocenters. The molecule has 0 saturated carbocycles. The Hall–Kier alpha value is -1.76. The van der Waals surface area contributed by atoms with Crippen molar-refractivity contribution in [3.05, 3.63) is 29.3 Å². The van der Waals surface area contributed by atoms with Crippen molar-refractivity contribution in [1.82, 2.24) is 0 Å². The molecule has 0 heterocycles. The number of carboxylic acid groups (broad SMARTS) is 1. The molecule has 1 aromatic carbocycles. The number of hydrogen-bond donors (Lipinski definition) is 3. The summed E-state index contributed by atoms with van der Waals surface area (Å²) in [5.74, 6) is -2.12. The maximum absolute atomic E-state index is 12.4. The summed E-state index contributed by atoms with van der Waals surface area (Å²) < 4.78 is 37.3. The Kier molecular flexibility index (Phi) is 3.62. The zero-order valence-electron chi connectivity index (χ0n) is 8.53. The van der Waals surface area contributed by atoms with Crippen molar-refractivity contribution in [2.75, 3.05) is 0 Å². The molecular weight excluding hydrogens is 239 g/mol. The van der Waals surface area contributed by atoms with Crippen LogP contribution in [0.5, 0.6) is 5.75 Å². The average Bonchev–Trinajstić information content (AvgIpc) is 2.15. The highest BCUT2D eigenvalue weighted by Crippen LogP contribution is 2.37. The maximum atomic E-state index is 12.4. The van der Waals surface area contributed by atoms with Crippen LogP contribution < -0.4 is 5.73 Å². The molecule has 1 rings (SSSR count). The Morgan fingerprint density at radius 1 is 1.41 bits per heavy atom. The molecule has 0 unspecified atom stereocenters. The van der Waals surface area contributed by atoms with Crippen LogP contribution in [0.4, 0.5) is 13.2 Å². The number of phenolic OH excluding ortho intramolecular Hbond substituents is 1. The van der Waals surface area contributed by atoms with Crippen LogP contribution in [-0.4, -0.2) is 16.2 Å². The summed E-state index contributed by atoms with van der Waals surface area (Å²) in [4.78, 5) is 10.4. The van der Waals surface area contributed by atoms with Gasteiger partial charge < -0.3 is 15.9 Å². The molecule has 4 N–H and O–H groups in total. The molecule has 0 bridgehead atoms. The Labute approximate surface area is 94.5 Å². The first-order valence-electron chi connectivity index (χ1n) is 4.59. The topological polar surface area (TPSA) is 83.6 Å². The van der Waals surface area contributed by atoms with Gasteiger partial charge in [0.2, 0.25) is 0 Å². The van der Waals surface area contributed by atoms with Gasteiger partial charge >= 0.3 is 12.1 Å². The van der Waals surface area contributed by atoms with Crippen molar-refractivity contribution in [2.24, 2.45) is 5.73 Å². The monoisotopic (exact) mass is 249 g/mol. The van der Waals surface area contributed by atoms with E-state index in [9.17, 15) is 18.0 Å². The van der Waals surface area contributed by atoms with E-state index in [1.807, 2.05) is 0 Å². The largest absolute Gasteiger partial charge is 0.507 e. The molecule has 0 amide bonds. The van der Waals surface area contributed by atoms with Crippen LogP contribution in [0, 0.1) is 0 Å². The van der Waals surface area contributed by atoms with Gasteiger partial charge in [0.15, 0.2) is 0 Å². The third-order valence-electron chi connectivity index (χ3n) is 2.15. The van der Waals surface area contributed by atoms with Crippen LogP contribution in [0.3, 0.4) is 0 Å². The quantitative estimate of drug-likeness (QED) is 0.763. The van der Waals surface area contributed by atoms with Gasteiger partial charge in [-0.05, 0) is 17.7 Å². The van der Waals surface area contributed by atoms with Gasteiger partial charge in [-0.2, -0.15) is 13.2 Å². The van der Waals surface area contributed by atoms with E-state index in [0.29, 0.717) is 6.07 Å². The Balaban J connectivity index is 3.08. The smallest absolute Gasteiger partial charge is 0.419 e. The number of carbonyl (C=O) groups is 1. The second kappa shape index (κ2) is 4.62.